The van der Waals surface area contributed by atoms with Crippen LogP contribution in [0.5, 0.6) is 5.75 Å². The maximum absolute atomic E-state index is 12.9. The van der Waals surface area contributed by atoms with Crippen LogP contribution in [0.4, 0.5) is 5.69 Å². The molecule has 0 unspecified atom stereocenters. The third kappa shape index (κ3) is 4.74. The molecule has 5 rings (SSSR count). The minimum Gasteiger partial charge on any atom is -0.494 e. The highest BCUT2D eigenvalue weighted by Crippen LogP contribution is 2.31. The van der Waals surface area contributed by atoms with Gasteiger partial charge in [0, 0.05) is 22.8 Å². The van der Waals surface area contributed by atoms with Crippen molar-refractivity contribution in [3.05, 3.63) is 102 Å². The fourth-order valence-electron chi connectivity index (χ4n) is 3.80. The van der Waals surface area contributed by atoms with E-state index < -0.39 is 5.91 Å². The second kappa shape index (κ2) is 10.0. The zero-order valence-electron chi connectivity index (χ0n) is 19.5. The third-order valence-electron chi connectivity index (χ3n) is 5.51. The minimum atomic E-state index is -0.523. The summed E-state index contributed by atoms with van der Waals surface area (Å²) in [6, 6.07) is 28.2. The fourth-order valence-corrected chi connectivity index (χ4v) is 3.80. The number of para-hydroxylation sites is 2. The Hall–Kier alpha value is -5.09. The molecule has 0 bridgehead atoms. The van der Waals surface area contributed by atoms with E-state index in [-0.39, 0.29) is 5.57 Å². The van der Waals surface area contributed by atoms with E-state index in [4.69, 9.17) is 14.3 Å². The predicted molar refractivity (Wildman–Crippen MR) is 139 cm³/mol. The highest BCUT2D eigenvalue weighted by atomic mass is 16.5. The Labute approximate surface area is 207 Å². The van der Waals surface area contributed by atoms with E-state index in [9.17, 15) is 10.1 Å². The van der Waals surface area contributed by atoms with E-state index >= 15 is 0 Å². The van der Waals surface area contributed by atoms with E-state index in [1.54, 1.807) is 35.1 Å². The molecular formula is C29H22N4O3. The van der Waals surface area contributed by atoms with Crippen molar-refractivity contribution in [2.45, 2.75) is 6.92 Å². The van der Waals surface area contributed by atoms with Crippen molar-refractivity contribution < 1.29 is 13.9 Å². The van der Waals surface area contributed by atoms with Crippen LogP contribution in [0, 0.1) is 11.3 Å². The van der Waals surface area contributed by atoms with Crippen LogP contribution >= 0.6 is 0 Å². The molecule has 2 aromatic heterocycles. The summed E-state index contributed by atoms with van der Waals surface area (Å²) >= 11 is 0. The van der Waals surface area contributed by atoms with Gasteiger partial charge in [0.1, 0.15) is 28.7 Å². The summed E-state index contributed by atoms with van der Waals surface area (Å²) in [6.07, 6.45) is 3.30. The molecule has 0 radical (unpaired) electrons. The summed E-state index contributed by atoms with van der Waals surface area (Å²) in [5.41, 5.74) is 3.17. The monoisotopic (exact) mass is 474 g/mol. The van der Waals surface area contributed by atoms with Gasteiger partial charge in [0.15, 0.2) is 5.76 Å². The standard InChI is InChI=1S/C29H22N4O3/c1-2-35-25-14-12-23(13-15-25)31-29(34)21(18-30)16-22-19-33(24-9-4-3-5-10-24)32-28(22)27-17-20-8-6-7-11-26(20)36-27/h3-17,19H,2H2,1H3,(H,31,34)/b21-16-. The Morgan fingerprint density at radius 3 is 2.56 bits per heavy atom. The molecule has 0 spiro atoms. The van der Waals surface area contributed by atoms with Crippen molar-refractivity contribution in [3.8, 4) is 29.0 Å². The van der Waals surface area contributed by atoms with Crippen LogP contribution in [0.2, 0.25) is 0 Å². The largest absolute Gasteiger partial charge is 0.494 e. The van der Waals surface area contributed by atoms with Crippen LogP contribution < -0.4 is 10.1 Å². The van der Waals surface area contributed by atoms with Crippen molar-refractivity contribution in [1.82, 2.24) is 9.78 Å². The Kier molecular flexibility index (Phi) is 6.33. The highest BCUT2D eigenvalue weighted by Gasteiger charge is 2.18. The SMILES string of the molecule is CCOc1ccc(NC(=O)/C(C#N)=C\c2cn(-c3ccccc3)nc2-c2cc3ccccc3o2)cc1. The topological polar surface area (TPSA) is 93.1 Å². The lowest BCUT2D eigenvalue weighted by atomic mass is 10.1. The molecule has 7 heteroatoms. The average molecular weight is 475 g/mol. The fraction of sp³-hybridized carbons (Fsp3) is 0.0690. The van der Waals surface area contributed by atoms with Gasteiger partial charge < -0.3 is 14.5 Å². The first-order valence-electron chi connectivity index (χ1n) is 11.4. The number of hydrogen-bond acceptors (Lipinski definition) is 5. The second-order valence-electron chi connectivity index (χ2n) is 7.94. The van der Waals surface area contributed by atoms with Gasteiger partial charge in [-0.3, -0.25) is 4.79 Å². The summed E-state index contributed by atoms with van der Waals surface area (Å²) < 4.78 is 13.2. The molecule has 0 atom stereocenters. The molecule has 1 amide bonds. The van der Waals surface area contributed by atoms with Crippen LogP contribution in [0.3, 0.4) is 0 Å². The number of rotatable bonds is 7. The number of aromatic nitrogens is 2. The lowest BCUT2D eigenvalue weighted by Crippen LogP contribution is -2.13. The Balaban J connectivity index is 1.52. The van der Waals surface area contributed by atoms with Crippen LogP contribution in [0.1, 0.15) is 12.5 Å². The number of nitrogens with zero attached hydrogens (tertiary/aromatic N) is 3. The van der Waals surface area contributed by atoms with E-state index in [1.165, 1.54) is 6.08 Å². The Morgan fingerprint density at radius 2 is 1.83 bits per heavy atom. The first kappa shape index (κ1) is 22.7. The zero-order valence-corrected chi connectivity index (χ0v) is 19.5. The summed E-state index contributed by atoms with van der Waals surface area (Å²) in [4.78, 5) is 12.9. The van der Waals surface area contributed by atoms with Crippen LogP contribution in [-0.4, -0.2) is 22.3 Å². The van der Waals surface area contributed by atoms with Gasteiger partial charge in [-0.05, 0) is 61.5 Å². The molecule has 0 saturated heterocycles. The van der Waals surface area contributed by atoms with Gasteiger partial charge in [-0.15, -0.1) is 0 Å². The molecule has 7 nitrogen and oxygen atoms in total. The summed E-state index contributed by atoms with van der Waals surface area (Å²) in [5, 5.41) is 18.2. The number of benzene rings is 3. The summed E-state index contributed by atoms with van der Waals surface area (Å²) in [6.45, 7) is 2.45. The minimum absolute atomic E-state index is 0.0612. The van der Waals surface area contributed by atoms with Crippen LogP contribution in [-0.2, 0) is 4.79 Å². The third-order valence-corrected chi connectivity index (χ3v) is 5.51. The van der Waals surface area contributed by atoms with Crippen molar-refractivity contribution >= 4 is 28.6 Å². The summed E-state index contributed by atoms with van der Waals surface area (Å²) in [7, 11) is 0. The molecule has 36 heavy (non-hydrogen) atoms. The molecule has 1 N–H and O–H groups in total. The molecule has 2 heterocycles. The van der Waals surface area contributed by atoms with Crippen molar-refractivity contribution in [3.63, 3.8) is 0 Å². The average Bonchev–Trinajstić information content (AvgIpc) is 3.53. The first-order valence-corrected chi connectivity index (χ1v) is 11.4. The molecule has 3 aromatic carbocycles. The molecule has 0 fully saturated rings. The first-order chi connectivity index (χ1) is 17.6. The van der Waals surface area contributed by atoms with E-state index in [1.807, 2.05) is 73.7 Å². The maximum atomic E-state index is 12.9. The number of anilines is 1. The van der Waals surface area contributed by atoms with Gasteiger partial charge in [-0.25, -0.2) is 4.68 Å². The number of carbonyl (C=O) groups excluding carboxylic acids is 1. The smallest absolute Gasteiger partial charge is 0.266 e. The van der Waals surface area contributed by atoms with Crippen molar-refractivity contribution in [2.75, 3.05) is 11.9 Å². The van der Waals surface area contributed by atoms with Gasteiger partial charge >= 0.3 is 0 Å². The molecule has 176 valence electrons. The van der Waals surface area contributed by atoms with Gasteiger partial charge in [0.05, 0.1) is 12.3 Å². The number of nitrogens with one attached hydrogen (secondary N) is 1. The predicted octanol–water partition coefficient (Wildman–Crippen LogP) is 6.23. The highest BCUT2D eigenvalue weighted by molar-refractivity contribution is 6.10. The van der Waals surface area contributed by atoms with Gasteiger partial charge in [-0.2, -0.15) is 10.4 Å². The Morgan fingerprint density at radius 1 is 1.08 bits per heavy atom. The van der Waals surface area contributed by atoms with Crippen LogP contribution in [0.25, 0.3) is 34.2 Å². The number of furan rings is 1. The second-order valence-corrected chi connectivity index (χ2v) is 7.94. The summed E-state index contributed by atoms with van der Waals surface area (Å²) in [5.74, 6) is 0.723. The normalized spacial score (nSPS) is 11.3. The Bertz CT molecular complexity index is 1560. The number of fused-ring (bicyclic) bond motifs is 1. The quantitative estimate of drug-likeness (QED) is 0.223. The van der Waals surface area contributed by atoms with E-state index in [0.29, 0.717) is 35.1 Å². The van der Waals surface area contributed by atoms with E-state index in [2.05, 4.69) is 5.32 Å². The van der Waals surface area contributed by atoms with Crippen LogP contribution in [0.15, 0.2) is 101 Å². The van der Waals surface area contributed by atoms with Gasteiger partial charge in [-0.1, -0.05) is 36.4 Å². The number of amides is 1. The van der Waals surface area contributed by atoms with E-state index in [0.717, 1.165) is 16.7 Å². The zero-order chi connectivity index (χ0) is 24.9. The number of hydrogen-bond donors (Lipinski definition) is 1. The molecular weight excluding hydrogens is 452 g/mol. The lowest BCUT2D eigenvalue weighted by molar-refractivity contribution is -0.112. The lowest BCUT2D eigenvalue weighted by Gasteiger charge is -2.06. The molecule has 0 aliphatic heterocycles. The molecule has 0 aliphatic carbocycles. The van der Waals surface area contributed by atoms with Crippen molar-refractivity contribution in [1.29, 1.82) is 5.26 Å². The molecule has 0 aliphatic rings. The number of carbonyl (C=O) groups is 1. The maximum Gasteiger partial charge on any atom is 0.266 e. The number of ether oxygens (including phenoxy) is 1. The van der Waals surface area contributed by atoms with Gasteiger partial charge in [0.2, 0.25) is 0 Å². The van der Waals surface area contributed by atoms with Gasteiger partial charge in [0.25, 0.3) is 5.91 Å². The number of nitriles is 1. The molecule has 5 aromatic rings. The van der Waals surface area contributed by atoms with Crippen molar-refractivity contribution in [2.24, 2.45) is 0 Å². The molecule has 0 saturated carbocycles.